The third-order valence-electron chi connectivity index (χ3n) is 10.3. The maximum atomic E-state index is 13.8. The number of hydrogen-bond donors (Lipinski definition) is 0. The van der Waals surface area contributed by atoms with Crippen LogP contribution >= 0.6 is 0 Å². The monoisotopic (exact) mass is 647 g/mol. The van der Waals surface area contributed by atoms with Crippen molar-refractivity contribution in [3.63, 3.8) is 0 Å². The summed E-state index contributed by atoms with van der Waals surface area (Å²) >= 11 is 0. The van der Waals surface area contributed by atoms with Crippen molar-refractivity contribution in [2.24, 2.45) is 5.41 Å². The zero-order valence-corrected chi connectivity index (χ0v) is 27.1. The molecule has 1 aliphatic rings. The van der Waals surface area contributed by atoms with E-state index in [1.54, 1.807) is 0 Å². The van der Waals surface area contributed by atoms with Crippen LogP contribution in [-0.4, -0.2) is 20.1 Å². The van der Waals surface area contributed by atoms with Gasteiger partial charge in [0, 0.05) is 5.69 Å². The van der Waals surface area contributed by atoms with Crippen LogP contribution in [0.25, 0.3) is 78.0 Å². The largest absolute Gasteiger partial charge is 0.393 e. The second-order valence-electron chi connectivity index (χ2n) is 13.6. The van der Waals surface area contributed by atoms with Crippen molar-refractivity contribution < 1.29 is 13.2 Å². The highest BCUT2D eigenvalue weighted by molar-refractivity contribution is 6.03. The first-order valence-electron chi connectivity index (χ1n) is 16.6. The average molecular weight is 648 g/mol. The van der Waals surface area contributed by atoms with Gasteiger partial charge in [-0.15, -0.1) is 0 Å². The van der Waals surface area contributed by atoms with Crippen molar-refractivity contribution in [3.05, 3.63) is 139 Å². The van der Waals surface area contributed by atoms with Gasteiger partial charge in [-0.2, -0.15) is 13.2 Å². The molecule has 0 saturated heterocycles. The lowest BCUT2D eigenvalue weighted by Gasteiger charge is -2.27. The van der Waals surface area contributed by atoms with Crippen molar-refractivity contribution in [1.82, 2.24) is 14.0 Å². The molecule has 0 fully saturated rings. The lowest BCUT2D eigenvalue weighted by Crippen LogP contribution is -2.32. The van der Waals surface area contributed by atoms with Crippen molar-refractivity contribution >= 4 is 27.8 Å². The topological polar surface area (TPSA) is 22.2 Å². The molecule has 2 aromatic heterocycles. The van der Waals surface area contributed by atoms with Gasteiger partial charge in [0.15, 0.2) is 0 Å². The highest BCUT2D eigenvalue weighted by Gasteiger charge is 2.46. The summed E-state index contributed by atoms with van der Waals surface area (Å²) in [5.41, 5.74) is 12.9. The van der Waals surface area contributed by atoms with Gasteiger partial charge in [-0.1, -0.05) is 117 Å². The Kier molecular flexibility index (Phi) is 6.44. The van der Waals surface area contributed by atoms with Crippen LogP contribution in [0.15, 0.2) is 133 Å². The molecule has 0 aliphatic heterocycles. The number of hydrogen-bond acceptors (Lipinski definition) is 1. The number of para-hydroxylation sites is 3. The van der Waals surface area contributed by atoms with Crippen molar-refractivity contribution in [1.29, 1.82) is 0 Å². The van der Waals surface area contributed by atoms with Gasteiger partial charge in [-0.25, -0.2) is 4.98 Å². The van der Waals surface area contributed by atoms with Gasteiger partial charge in [0.2, 0.25) is 5.78 Å². The van der Waals surface area contributed by atoms with E-state index in [9.17, 15) is 13.2 Å². The molecule has 0 N–H and O–H groups in total. The van der Waals surface area contributed by atoms with Crippen LogP contribution in [0.4, 0.5) is 13.2 Å². The van der Waals surface area contributed by atoms with Gasteiger partial charge < -0.3 is 0 Å². The van der Waals surface area contributed by atoms with Gasteiger partial charge >= 0.3 is 6.18 Å². The average Bonchev–Trinajstić information content (AvgIpc) is 3.65. The lowest BCUT2D eigenvalue weighted by atomic mass is 9.81. The Hall–Kier alpha value is -5.62. The Labute approximate surface area is 281 Å². The van der Waals surface area contributed by atoms with Gasteiger partial charge in [0.25, 0.3) is 0 Å². The summed E-state index contributed by atoms with van der Waals surface area (Å²) in [5.74, 6) is 0.726. The minimum absolute atomic E-state index is 0.0209. The summed E-state index contributed by atoms with van der Waals surface area (Å²) in [4.78, 5) is 5.19. The van der Waals surface area contributed by atoms with Crippen molar-refractivity contribution in [2.45, 2.75) is 32.9 Å². The molecule has 0 unspecified atom stereocenters. The van der Waals surface area contributed by atoms with Gasteiger partial charge in [-0.05, 0) is 93.2 Å². The Bertz CT molecular complexity index is 2580. The molecule has 0 saturated carbocycles. The third-order valence-corrected chi connectivity index (χ3v) is 10.3. The molecule has 0 radical (unpaired) electrons. The molecule has 240 valence electrons. The second kappa shape index (κ2) is 10.7. The molecule has 3 nitrogen and oxygen atoms in total. The SMILES string of the molecule is CC(C)(CCc1cccc2c1nc1n(-c3ccc4c(c3)-c3ccccc3-c3ccccc3-c3ccccc3-4)c3ccccc3n21)C(F)(F)F. The summed E-state index contributed by atoms with van der Waals surface area (Å²) in [6.45, 7) is 2.54. The maximum absolute atomic E-state index is 13.8. The predicted molar refractivity (Wildman–Crippen MR) is 193 cm³/mol. The fraction of sp³-hybridized carbons (Fsp3) is 0.140. The Morgan fingerprint density at radius 2 is 1.02 bits per heavy atom. The summed E-state index contributed by atoms with van der Waals surface area (Å²) in [5, 5.41) is 0. The number of benzene rings is 6. The van der Waals surface area contributed by atoms with E-state index in [0.29, 0.717) is 0 Å². The van der Waals surface area contributed by atoms with Crippen LogP contribution in [0.2, 0.25) is 0 Å². The van der Waals surface area contributed by atoms with Gasteiger partial charge in [0.05, 0.1) is 27.5 Å². The molecule has 8 aromatic rings. The molecular formula is C43H32F3N3. The van der Waals surface area contributed by atoms with Crippen molar-refractivity contribution in [3.8, 4) is 50.2 Å². The van der Waals surface area contributed by atoms with E-state index < -0.39 is 11.6 Å². The molecule has 9 rings (SSSR count). The molecule has 2 heterocycles. The summed E-state index contributed by atoms with van der Waals surface area (Å²) < 4.78 is 45.6. The number of aromatic nitrogens is 3. The third kappa shape index (κ3) is 4.47. The van der Waals surface area contributed by atoms with E-state index in [4.69, 9.17) is 4.98 Å². The predicted octanol–water partition coefficient (Wildman–Crippen LogP) is 11.9. The molecule has 0 spiro atoms. The molecular weight excluding hydrogens is 615 g/mol. The fourth-order valence-electron chi connectivity index (χ4n) is 7.52. The number of aryl methyl sites for hydroxylation is 1. The minimum atomic E-state index is -4.28. The van der Waals surface area contributed by atoms with Crippen LogP contribution in [-0.2, 0) is 6.42 Å². The van der Waals surface area contributed by atoms with Crippen molar-refractivity contribution in [2.75, 3.05) is 0 Å². The Balaban J connectivity index is 1.29. The van der Waals surface area contributed by atoms with E-state index >= 15 is 0 Å². The van der Waals surface area contributed by atoms with Crippen LogP contribution < -0.4 is 0 Å². The molecule has 0 bridgehead atoms. The highest BCUT2D eigenvalue weighted by Crippen LogP contribution is 2.48. The Morgan fingerprint density at radius 3 is 1.59 bits per heavy atom. The second-order valence-corrected chi connectivity index (χ2v) is 13.6. The highest BCUT2D eigenvalue weighted by atomic mass is 19.4. The van der Waals surface area contributed by atoms with Crippen LogP contribution in [0.3, 0.4) is 0 Å². The van der Waals surface area contributed by atoms with Gasteiger partial charge in [-0.3, -0.25) is 8.97 Å². The number of alkyl halides is 3. The quantitative estimate of drug-likeness (QED) is 0.186. The molecule has 6 aromatic carbocycles. The first kappa shape index (κ1) is 29.5. The number of rotatable bonds is 4. The van der Waals surface area contributed by atoms with E-state index in [2.05, 4.69) is 112 Å². The summed E-state index contributed by atoms with van der Waals surface area (Å²) in [7, 11) is 0. The number of nitrogens with zero attached hydrogens (tertiary/aromatic N) is 3. The zero-order chi connectivity index (χ0) is 33.5. The molecule has 6 heteroatoms. The molecule has 0 atom stereocenters. The van der Waals surface area contributed by atoms with Crippen LogP contribution in [0, 0.1) is 5.41 Å². The number of fused-ring (bicyclic) bond motifs is 13. The van der Waals surface area contributed by atoms with Gasteiger partial charge in [0.1, 0.15) is 0 Å². The fourth-order valence-corrected chi connectivity index (χ4v) is 7.52. The van der Waals surface area contributed by atoms with E-state index in [-0.39, 0.29) is 12.8 Å². The van der Waals surface area contributed by atoms with E-state index in [1.165, 1.54) is 41.7 Å². The zero-order valence-electron chi connectivity index (χ0n) is 27.1. The van der Waals surface area contributed by atoms with E-state index in [1.807, 2.05) is 30.3 Å². The molecule has 49 heavy (non-hydrogen) atoms. The smallest absolute Gasteiger partial charge is 0.278 e. The Morgan fingerprint density at radius 1 is 0.531 bits per heavy atom. The summed E-state index contributed by atoms with van der Waals surface area (Å²) in [6.07, 6.45) is -4.02. The maximum Gasteiger partial charge on any atom is 0.393 e. The lowest BCUT2D eigenvalue weighted by molar-refractivity contribution is -0.213. The number of imidazole rings is 2. The number of halogens is 3. The van der Waals surface area contributed by atoms with Crippen LogP contribution in [0.1, 0.15) is 25.8 Å². The molecule has 1 aliphatic carbocycles. The van der Waals surface area contributed by atoms with E-state index in [0.717, 1.165) is 55.8 Å². The first-order valence-corrected chi connectivity index (χ1v) is 16.6. The normalized spacial score (nSPS) is 12.8. The van der Waals surface area contributed by atoms with Crippen LogP contribution in [0.5, 0.6) is 0 Å². The summed E-state index contributed by atoms with van der Waals surface area (Å²) in [6, 6.07) is 46.5. The standard InChI is InChI=1S/C43H32F3N3/c1-42(2,43(44,45)46)25-24-27-12-11-21-39-40(27)47-41-48(37-19-9-10-20-38(37)49(39)41)28-22-23-35-33-17-6-5-15-31(33)29-13-3-4-14-30(29)32-16-7-8-18-34(32)36(35)26-28/h3-23,26H,24-25H2,1-2H3. The molecule has 0 amide bonds. The minimum Gasteiger partial charge on any atom is -0.278 e. The first-order chi connectivity index (χ1) is 23.7.